The number of aromatic nitrogens is 2. The second kappa shape index (κ2) is 9.04. The number of esters is 1. The first-order valence-corrected chi connectivity index (χ1v) is 11.9. The fourth-order valence-electron chi connectivity index (χ4n) is 4.33. The summed E-state index contributed by atoms with van der Waals surface area (Å²) in [6.07, 6.45) is 1.55. The first kappa shape index (κ1) is 22.3. The molecule has 5 rings (SSSR count). The normalized spacial score (nSPS) is 12.9. The molecule has 0 saturated heterocycles. The lowest BCUT2D eigenvalue weighted by Gasteiger charge is -2.22. The van der Waals surface area contributed by atoms with Crippen molar-refractivity contribution >= 4 is 27.5 Å². The Balaban J connectivity index is 1.61. The van der Waals surface area contributed by atoms with E-state index in [2.05, 4.69) is 24.0 Å². The van der Waals surface area contributed by atoms with E-state index in [1.807, 2.05) is 18.4 Å². The first-order chi connectivity index (χ1) is 16.5. The Morgan fingerprint density at radius 3 is 2.85 bits per heavy atom. The van der Waals surface area contributed by atoms with Crippen LogP contribution in [0.2, 0.25) is 0 Å². The third kappa shape index (κ3) is 3.99. The molecule has 8 heteroatoms. The molecule has 0 unspecified atom stereocenters. The van der Waals surface area contributed by atoms with Gasteiger partial charge in [0.2, 0.25) is 0 Å². The number of carbonyl (C=O) groups excluding carboxylic acids is 1. The molecule has 1 aliphatic rings. The Kier molecular flexibility index (Phi) is 5.93. The Labute approximate surface area is 200 Å². The van der Waals surface area contributed by atoms with Gasteiger partial charge in [-0.2, -0.15) is 0 Å². The number of ether oxygens (including phenoxy) is 3. The van der Waals surface area contributed by atoms with Crippen LogP contribution in [-0.2, 0) is 22.6 Å². The molecular weight excluding hydrogens is 452 g/mol. The van der Waals surface area contributed by atoms with Crippen LogP contribution in [0, 0.1) is 13.8 Å². The van der Waals surface area contributed by atoms with Gasteiger partial charge >= 0.3 is 5.97 Å². The van der Waals surface area contributed by atoms with Crippen molar-refractivity contribution in [1.29, 1.82) is 0 Å². The molecule has 0 saturated carbocycles. The lowest BCUT2D eigenvalue weighted by atomic mass is 9.99. The topological polar surface area (TPSA) is 79.7 Å². The largest absolute Gasteiger partial charge is 0.467 e. The molecule has 0 aliphatic carbocycles. The average Bonchev–Trinajstić information content (AvgIpc) is 3.25. The summed E-state index contributed by atoms with van der Waals surface area (Å²) in [5.41, 5.74) is 5.91. The van der Waals surface area contributed by atoms with Crippen molar-refractivity contribution < 1.29 is 19.0 Å². The molecule has 0 N–H and O–H groups in total. The van der Waals surface area contributed by atoms with Crippen LogP contribution in [-0.4, -0.2) is 28.9 Å². The van der Waals surface area contributed by atoms with Crippen LogP contribution < -0.4 is 10.3 Å². The molecule has 0 fully saturated rings. The quantitative estimate of drug-likeness (QED) is 0.384. The van der Waals surface area contributed by atoms with Crippen LogP contribution in [0.4, 0.5) is 0 Å². The highest BCUT2D eigenvalue weighted by molar-refractivity contribution is 7.17. The SMILES string of the molecule is CCOC(=O)c1cc2c(c(Cn3cnc4scc(-c5ccc(C)cc5C)c4c3=O)c1)OCOC2. The van der Waals surface area contributed by atoms with E-state index in [-0.39, 0.29) is 25.5 Å². The highest BCUT2D eigenvalue weighted by Crippen LogP contribution is 2.34. The third-order valence-electron chi connectivity index (χ3n) is 5.87. The molecule has 174 valence electrons. The number of carbonyl (C=O) groups is 1. The molecule has 0 amide bonds. The minimum Gasteiger partial charge on any atom is -0.467 e. The average molecular weight is 477 g/mol. The van der Waals surface area contributed by atoms with Crippen molar-refractivity contribution in [1.82, 2.24) is 9.55 Å². The predicted molar refractivity (Wildman–Crippen MR) is 131 cm³/mol. The monoisotopic (exact) mass is 476 g/mol. The van der Waals surface area contributed by atoms with Crippen molar-refractivity contribution in [2.75, 3.05) is 13.4 Å². The van der Waals surface area contributed by atoms with Crippen molar-refractivity contribution in [3.05, 3.63) is 80.2 Å². The number of hydrogen-bond donors (Lipinski definition) is 0. The molecule has 0 radical (unpaired) electrons. The Morgan fingerprint density at radius 1 is 1.21 bits per heavy atom. The zero-order valence-electron chi connectivity index (χ0n) is 19.2. The van der Waals surface area contributed by atoms with Gasteiger partial charge in [0.15, 0.2) is 6.79 Å². The highest BCUT2D eigenvalue weighted by Gasteiger charge is 2.21. The number of hydrogen-bond acceptors (Lipinski definition) is 7. The minimum atomic E-state index is -0.423. The van der Waals surface area contributed by atoms with Gasteiger partial charge in [0.05, 0.1) is 37.0 Å². The number of fused-ring (bicyclic) bond motifs is 2. The molecule has 0 atom stereocenters. The standard InChI is InChI=1S/C26H24N2O5S/c1-4-32-26(30)17-8-18(23-19(9-17)11-31-14-33-23)10-28-13-27-24-22(25(28)29)21(12-34-24)20-6-5-15(2)7-16(20)3/h5-9,12-13H,4,10-11,14H2,1-3H3. The van der Waals surface area contributed by atoms with Gasteiger partial charge in [-0.15, -0.1) is 11.3 Å². The van der Waals surface area contributed by atoms with Crippen molar-refractivity contribution in [3.8, 4) is 16.9 Å². The molecule has 34 heavy (non-hydrogen) atoms. The van der Waals surface area contributed by atoms with E-state index < -0.39 is 5.97 Å². The van der Waals surface area contributed by atoms with Crippen LogP contribution in [0.3, 0.4) is 0 Å². The summed E-state index contributed by atoms with van der Waals surface area (Å²) in [6.45, 7) is 6.79. The van der Waals surface area contributed by atoms with Gasteiger partial charge in [0.25, 0.3) is 5.56 Å². The lowest BCUT2D eigenvalue weighted by Crippen LogP contribution is -2.23. The van der Waals surface area contributed by atoms with Crippen LogP contribution in [0.1, 0.15) is 39.5 Å². The van der Waals surface area contributed by atoms with Crippen molar-refractivity contribution in [2.24, 2.45) is 0 Å². The van der Waals surface area contributed by atoms with Crippen LogP contribution in [0.15, 0.2) is 46.8 Å². The lowest BCUT2D eigenvalue weighted by molar-refractivity contribution is -0.0171. The molecular formula is C26H24N2O5S. The molecule has 3 heterocycles. The van der Waals surface area contributed by atoms with Gasteiger partial charge < -0.3 is 14.2 Å². The van der Waals surface area contributed by atoms with Gasteiger partial charge in [-0.1, -0.05) is 23.8 Å². The number of rotatable bonds is 5. The number of benzene rings is 2. The van der Waals surface area contributed by atoms with E-state index >= 15 is 0 Å². The van der Waals surface area contributed by atoms with Crippen LogP contribution in [0.5, 0.6) is 5.75 Å². The van der Waals surface area contributed by atoms with Crippen LogP contribution in [0.25, 0.3) is 21.3 Å². The molecule has 7 nitrogen and oxygen atoms in total. The molecule has 0 spiro atoms. The maximum Gasteiger partial charge on any atom is 0.338 e. The van der Waals surface area contributed by atoms with E-state index in [1.54, 1.807) is 30.0 Å². The maximum absolute atomic E-state index is 13.6. The second-order valence-electron chi connectivity index (χ2n) is 8.28. The highest BCUT2D eigenvalue weighted by atomic mass is 32.1. The van der Waals surface area contributed by atoms with E-state index in [1.165, 1.54) is 16.9 Å². The van der Waals surface area contributed by atoms with E-state index in [9.17, 15) is 9.59 Å². The smallest absolute Gasteiger partial charge is 0.338 e. The molecule has 1 aliphatic heterocycles. The number of thiophene rings is 1. The molecule has 0 bridgehead atoms. The predicted octanol–water partition coefficient (Wildman–Crippen LogP) is 4.83. The summed E-state index contributed by atoms with van der Waals surface area (Å²) >= 11 is 1.46. The zero-order chi connectivity index (χ0) is 23.8. The van der Waals surface area contributed by atoms with E-state index in [0.717, 1.165) is 22.3 Å². The summed E-state index contributed by atoms with van der Waals surface area (Å²) in [7, 11) is 0. The van der Waals surface area contributed by atoms with Gasteiger partial charge in [0.1, 0.15) is 10.6 Å². The van der Waals surface area contributed by atoms with Gasteiger partial charge in [-0.05, 0) is 44.0 Å². The molecule has 2 aromatic heterocycles. The summed E-state index contributed by atoms with van der Waals surface area (Å²) in [4.78, 5) is 31.3. The second-order valence-corrected chi connectivity index (χ2v) is 9.14. The Hall–Kier alpha value is -3.49. The van der Waals surface area contributed by atoms with Gasteiger partial charge in [-0.3, -0.25) is 9.36 Å². The minimum absolute atomic E-state index is 0.117. The zero-order valence-corrected chi connectivity index (χ0v) is 20.0. The van der Waals surface area contributed by atoms with E-state index in [4.69, 9.17) is 14.2 Å². The molecule has 2 aromatic carbocycles. The first-order valence-electron chi connectivity index (χ1n) is 11.0. The fraction of sp³-hybridized carbons (Fsp3) is 0.269. The Morgan fingerprint density at radius 2 is 2.06 bits per heavy atom. The maximum atomic E-state index is 13.6. The van der Waals surface area contributed by atoms with Crippen LogP contribution >= 0.6 is 11.3 Å². The van der Waals surface area contributed by atoms with Crippen molar-refractivity contribution in [2.45, 2.75) is 33.9 Å². The summed E-state index contributed by atoms with van der Waals surface area (Å²) in [5, 5.41) is 2.59. The fourth-order valence-corrected chi connectivity index (χ4v) is 5.22. The Bertz CT molecular complexity index is 1470. The summed E-state index contributed by atoms with van der Waals surface area (Å²) < 4.78 is 17.9. The van der Waals surface area contributed by atoms with Crippen molar-refractivity contribution in [3.63, 3.8) is 0 Å². The molecule has 4 aromatic rings. The van der Waals surface area contributed by atoms with Gasteiger partial charge in [-0.25, -0.2) is 9.78 Å². The van der Waals surface area contributed by atoms with E-state index in [0.29, 0.717) is 33.7 Å². The number of aryl methyl sites for hydroxylation is 2. The summed E-state index contributed by atoms with van der Waals surface area (Å²) in [6, 6.07) is 9.65. The summed E-state index contributed by atoms with van der Waals surface area (Å²) in [5.74, 6) is 0.208. The van der Waals surface area contributed by atoms with Gasteiger partial charge in [0, 0.05) is 22.1 Å². The third-order valence-corrected chi connectivity index (χ3v) is 6.76. The number of nitrogens with zero attached hydrogens (tertiary/aromatic N) is 2.